The molecule has 3 aromatic heterocycles. The lowest BCUT2D eigenvalue weighted by Gasteiger charge is -2.12. The van der Waals surface area contributed by atoms with E-state index in [2.05, 4.69) is 47.0 Å². The van der Waals surface area contributed by atoms with E-state index in [0.29, 0.717) is 13.1 Å². The number of carbonyl (C=O) groups is 1. The molecule has 0 radical (unpaired) electrons. The summed E-state index contributed by atoms with van der Waals surface area (Å²) in [5.74, 6) is 0. The van der Waals surface area contributed by atoms with Crippen LogP contribution in [0.3, 0.4) is 0 Å². The van der Waals surface area contributed by atoms with Crippen LogP contribution in [0, 0.1) is 6.92 Å². The lowest BCUT2D eigenvalue weighted by atomic mass is 9.94. The highest BCUT2D eigenvalue weighted by molar-refractivity contribution is 7.22. The van der Waals surface area contributed by atoms with Gasteiger partial charge in [0.1, 0.15) is 10.5 Å². The molecule has 0 fully saturated rings. The number of aliphatic hydroxyl groups is 1. The number of aromatic nitrogens is 4. The summed E-state index contributed by atoms with van der Waals surface area (Å²) in [6.45, 7) is 12.3. The third-order valence-electron chi connectivity index (χ3n) is 5.25. The minimum Gasteiger partial charge on any atom is -0.468 e. The van der Waals surface area contributed by atoms with Gasteiger partial charge in [-0.05, 0) is 88.1 Å². The second kappa shape index (κ2) is 13.0. The van der Waals surface area contributed by atoms with E-state index in [1.165, 1.54) is 27.0 Å². The van der Waals surface area contributed by atoms with Crippen molar-refractivity contribution in [3.63, 3.8) is 0 Å². The maximum atomic E-state index is 9.18. The number of benzene rings is 2. The Kier molecular flexibility index (Phi) is 9.96. The van der Waals surface area contributed by atoms with Gasteiger partial charge in [0, 0.05) is 10.6 Å². The summed E-state index contributed by atoms with van der Waals surface area (Å²) in [6.07, 6.45) is 2.71. The summed E-state index contributed by atoms with van der Waals surface area (Å²) in [4.78, 5) is 18.8. The molecule has 2 N–H and O–H groups in total. The van der Waals surface area contributed by atoms with Gasteiger partial charge in [0.15, 0.2) is 0 Å². The summed E-state index contributed by atoms with van der Waals surface area (Å²) in [7, 11) is 0. The molecular formula is C29H33ClN4O3S. The summed E-state index contributed by atoms with van der Waals surface area (Å²) < 4.78 is 5.34. The number of rotatable bonds is 5. The van der Waals surface area contributed by atoms with E-state index in [0.717, 1.165) is 38.7 Å². The fourth-order valence-electron chi connectivity index (χ4n) is 3.74. The van der Waals surface area contributed by atoms with Crippen molar-refractivity contribution >= 4 is 50.7 Å². The Balaban J connectivity index is 0.000000344. The number of aryl methyl sites for hydroxylation is 1. The molecular weight excluding hydrogens is 520 g/mol. The average molecular weight is 553 g/mol. The van der Waals surface area contributed by atoms with Crippen LogP contribution in [0.15, 0.2) is 48.7 Å². The Morgan fingerprint density at radius 2 is 1.76 bits per heavy atom. The smallest absolute Gasteiger partial charge is 0.293 e. The fraction of sp³-hybridized carbons (Fsp3) is 0.310. The van der Waals surface area contributed by atoms with Crippen LogP contribution in [0.5, 0.6) is 0 Å². The standard InChI is InChI=1S/C22H17ClN4S.C4H10O.C3H6O2/c1-3-15-12(2)10-18-21(20(15)13-4-6-14(23)7-5-13)28-22(26-18)17-9-8-16-19(25-17)11-24-27-16;1-4(2,3)5;1-2-5-3-4/h4-11H,3H2,1-2H3,(H,24,27);5H,1-3H3;3H,2H2,1H3. The Hall–Kier alpha value is -3.33. The zero-order valence-electron chi connectivity index (χ0n) is 22.5. The molecule has 0 bridgehead atoms. The summed E-state index contributed by atoms with van der Waals surface area (Å²) in [6, 6.07) is 14.2. The number of nitrogens with one attached hydrogen (secondary N) is 1. The maximum absolute atomic E-state index is 9.18. The molecule has 0 saturated carbocycles. The van der Waals surface area contributed by atoms with Crippen LogP contribution in [-0.2, 0) is 16.0 Å². The van der Waals surface area contributed by atoms with Crippen molar-refractivity contribution in [2.75, 3.05) is 6.61 Å². The maximum Gasteiger partial charge on any atom is 0.293 e. The predicted molar refractivity (Wildman–Crippen MR) is 157 cm³/mol. The number of hydrogen-bond donors (Lipinski definition) is 2. The third kappa shape index (κ3) is 7.60. The van der Waals surface area contributed by atoms with Crippen molar-refractivity contribution in [2.45, 2.75) is 53.6 Å². The molecule has 0 aliphatic rings. The van der Waals surface area contributed by atoms with Crippen molar-refractivity contribution in [1.29, 1.82) is 0 Å². The quantitative estimate of drug-likeness (QED) is 0.220. The van der Waals surface area contributed by atoms with Crippen molar-refractivity contribution in [2.24, 2.45) is 0 Å². The first-order valence-electron chi connectivity index (χ1n) is 12.3. The number of fused-ring (bicyclic) bond motifs is 2. The first kappa shape index (κ1) is 29.2. The molecule has 0 aliphatic heterocycles. The van der Waals surface area contributed by atoms with Crippen molar-refractivity contribution in [3.8, 4) is 21.8 Å². The average Bonchev–Trinajstić information content (AvgIpc) is 3.50. The van der Waals surface area contributed by atoms with Crippen molar-refractivity contribution in [3.05, 3.63) is 64.8 Å². The first-order chi connectivity index (χ1) is 18.0. The fourth-order valence-corrected chi connectivity index (χ4v) is 4.97. The van der Waals surface area contributed by atoms with E-state index in [9.17, 15) is 4.79 Å². The zero-order valence-corrected chi connectivity index (χ0v) is 24.1. The Morgan fingerprint density at radius 1 is 1.08 bits per heavy atom. The monoisotopic (exact) mass is 552 g/mol. The molecule has 0 atom stereocenters. The lowest BCUT2D eigenvalue weighted by molar-refractivity contribution is -0.128. The van der Waals surface area contributed by atoms with Gasteiger partial charge in [-0.2, -0.15) is 5.10 Å². The second-order valence-corrected chi connectivity index (χ2v) is 10.9. The lowest BCUT2D eigenvalue weighted by Crippen LogP contribution is -2.10. The molecule has 0 aliphatic carbocycles. The van der Waals surface area contributed by atoms with Gasteiger partial charge in [-0.3, -0.25) is 9.89 Å². The number of hydrogen-bond acceptors (Lipinski definition) is 7. The number of carbonyl (C=O) groups excluding carboxylic acids is 1. The van der Waals surface area contributed by atoms with E-state index in [4.69, 9.17) is 26.7 Å². The Bertz CT molecular complexity index is 1500. The number of aromatic amines is 1. The molecule has 5 aromatic rings. The highest BCUT2D eigenvalue weighted by Gasteiger charge is 2.17. The molecule has 38 heavy (non-hydrogen) atoms. The van der Waals surface area contributed by atoms with Crippen molar-refractivity contribution < 1.29 is 14.6 Å². The van der Waals surface area contributed by atoms with Crippen LogP contribution >= 0.6 is 22.9 Å². The first-order valence-corrected chi connectivity index (χ1v) is 13.5. The van der Waals surface area contributed by atoms with Crippen LogP contribution in [0.2, 0.25) is 5.02 Å². The van der Waals surface area contributed by atoms with Crippen LogP contribution < -0.4 is 0 Å². The number of H-pyrrole nitrogens is 1. The molecule has 2 aromatic carbocycles. The minimum atomic E-state index is -0.500. The van der Waals surface area contributed by atoms with E-state index in [1.807, 2.05) is 24.3 Å². The molecule has 0 unspecified atom stereocenters. The molecule has 0 amide bonds. The van der Waals surface area contributed by atoms with E-state index >= 15 is 0 Å². The molecule has 3 heterocycles. The van der Waals surface area contributed by atoms with Crippen LogP contribution in [0.1, 0.15) is 45.7 Å². The van der Waals surface area contributed by atoms with Gasteiger partial charge >= 0.3 is 0 Å². The van der Waals surface area contributed by atoms with Gasteiger partial charge in [-0.15, -0.1) is 11.3 Å². The van der Waals surface area contributed by atoms with Crippen LogP contribution in [-0.4, -0.2) is 44.0 Å². The number of halogens is 1. The molecule has 0 spiro atoms. The second-order valence-electron chi connectivity index (χ2n) is 9.50. The van der Waals surface area contributed by atoms with Gasteiger partial charge < -0.3 is 9.84 Å². The van der Waals surface area contributed by atoms with Gasteiger partial charge in [-0.25, -0.2) is 9.97 Å². The van der Waals surface area contributed by atoms with Gasteiger partial charge in [0.25, 0.3) is 6.47 Å². The highest BCUT2D eigenvalue weighted by Crippen LogP contribution is 2.40. The highest BCUT2D eigenvalue weighted by atomic mass is 35.5. The van der Waals surface area contributed by atoms with Gasteiger partial charge in [0.2, 0.25) is 0 Å². The van der Waals surface area contributed by atoms with Gasteiger partial charge in [0.05, 0.1) is 39.8 Å². The summed E-state index contributed by atoms with van der Waals surface area (Å²) in [5, 5.41) is 17.2. The number of pyridine rings is 1. The Labute approximate surface area is 231 Å². The van der Waals surface area contributed by atoms with Crippen molar-refractivity contribution in [1.82, 2.24) is 20.2 Å². The number of ether oxygens (including phenoxy) is 1. The zero-order chi connectivity index (χ0) is 27.9. The predicted octanol–water partition coefficient (Wildman–Crippen LogP) is 7.38. The van der Waals surface area contributed by atoms with E-state index in [-0.39, 0.29) is 0 Å². The Morgan fingerprint density at radius 3 is 2.34 bits per heavy atom. The molecule has 200 valence electrons. The minimum absolute atomic E-state index is 0.431. The van der Waals surface area contributed by atoms with E-state index in [1.54, 1.807) is 45.2 Å². The van der Waals surface area contributed by atoms with Gasteiger partial charge in [-0.1, -0.05) is 30.7 Å². The summed E-state index contributed by atoms with van der Waals surface area (Å²) in [5.41, 5.74) is 8.18. The largest absolute Gasteiger partial charge is 0.468 e. The number of thiazole rings is 1. The molecule has 9 heteroatoms. The third-order valence-corrected chi connectivity index (χ3v) is 6.61. The molecule has 0 saturated heterocycles. The number of nitrogens with zero attached hydrogens (tertiary/aromatic N) is 3. The summed E-state index contributed by atoms with van der Waals surface area (Å²) >= 11 is 7.81. The topological polar surface area (TPSA) is 101 Å². The van der Waals surface area contributed by atoms with Crippen LogP contribution in [0.25, 0.3) is 43.1 Å². The normalized spacial score (nSPS) is 10.9. The molecule has 5 rings (SSSR count). The van der Waals surface area contributed by atoms with E-state index < -0.39 is 5.60 Å². The van der Waals surface area contributed by atoms with Crippen LogP contribution in [0.4, 0.5) is 0 Å². The molecule has 7 nitrogen and oxygen atoms in total. The SMILES string of the molecule is CC(C)(C)O.CCOC=O.CCc1c(C)cc2nc(-c3ccc4[nH]ncc4n3)sc2c1-c1ccc(Cl)cc1.